The van der Waals surface area contributed by atoms with Crippen LogP contribution in [0.1, 0.15) is 10.4 Å². The fourth-order valence-electron chi connectivity index (χ4n) is 2.28. The summed E-state index contributed by atoms with van der Waals surface area (Å²) in [6, 6.07) is 4.80. The summed E-state index contributed by atoms with van der Waals surface area (Å²) in [4.78, 5) is 26.1. The number of carboxylic acid groups (broad SMARTS) is 1. The van der Waals surface area contributed by atoms with Gasteiger partial charge in [0.2, 0.25) is 0 Å². The number of fused-ring (bicyclic) bond motifs is 1. The molecule has 2 aliphatic heterocycles. The van der Waals surface area contributed by atoms with E-state index in [0.29, 0.717) is 18.9 Å². The number of benzene rings is 1. The van der Waals surface area contributed by atoms with Crippen LogP contribution < -0.4 is 5.32 Å². The first-order valence-corrected chi connectivity index (χ1v) is 7.20. The topological polar surface area (TPSA) is 78.9 Å². The largest absolute Gasteiger partial charge is 0.478 e. The lowest BCUT2D eigenvalue weighted by Crippen LogP contribution is -2.48. The number of carbonyl (C=O) groups is 2. The zero-order valence-corrected chi connectivity index (χ0v) is 11.5. The average Bonchev–Trinajstić information content (AvgIpc) is 2.46. The van der Waals surface area contributed by atoms with E-state index in [1.165, 1.54) is 17.8 Å². The standard InChI is InChI=1S/C13H14N2O4S/c16-11-12(15-3-5-19-6-4-15)20-10-2-1-8(13(17)18)7-9(10)14-11/h1-2,7,12H,3-6H2,(H,14,16)(H,17,18). The van der Waals surface area contributed by atoms with Crippen molar-refractivity contribution in [1.29, 1.82) is 0 Å². The number of nitrogens with one attached hydrogen (secondary N) is 1. The first kappa shape index (κ1) is 13.4. The van der Waals surface area contributed by atoms with E-state index in [-0.39, 0.29) is 16.8 Å². The Morgan fingerprint density at radius 3 is 2.85 bits per heavy atom. The Hall–Kier alpha value is -1.57. The molecule has 1 aromatic rings. The van der Waals surface area contributed by atoms with Gasteiger partial charge in [0.1, 0.15) is 5.37 Å². The Bertz CT molecular complexity index is 557. The maximum absolute atomic E-state index is 12.2. The van der Waals surface area contributed by atoms with Gasteiger partial charge in [-0.15, -0.1) is 0 Å². The third-order valence-corrected chi connectivity index (χ3v) is 4.67. The molecule has 3 rings (SSSR count). The summed E-state index contributed by atoms with van der Waals surface area (Å²) in [5.74, 6) is -1.10. The molecule has 0 spiro atoms. The second kappa shape index (κ2) is 5.43. The van der Waals surface area contributed by atoms with E-state index in [0.717, 1.165) is 18.0 Å². The second-order valence-corrected chi connectivity index (χ2v) is 5.75. The van der Waals surface area contributed by atoms with Gasteiger partial charge in [-0.1, -0.05) is 11.8 Å². The number of carbonyl (C=O) groups excluding carboxylic acids is 1. The molecular formula is C13H14N2O4S. The van der Waals surface area contributed by atoms with Gasteiger partial charge in [-0.3, -0.25) is 9.69 Å². The van der Waals surface area contributed by atoms with Crippen molar-refractivity contribution in [2.45, 2.75) is 10.3 Å². The lowest BCUT2D eigenvalue weighted by Gasteiger charge is -2.35. The number of hydrogen-bond donors (Lipinski definition) is 2. The van der Waals surface area contributed by atoms with Crippen LogP contribution in [0.15, 0.2) is 23.1 Å². The maximum Gasteiger partial charge on any atom is 0.335 e. The van der Waals surface area contributed by atoms with Crippen LogP contribution in [0.3, 0.4) is 0 Å². The minimum atomic E-state index is -0.998. The molecule has 6 nitrogen and oxygen atoms in total. The predicted octanol–water partition coefficient (Wildman–Crippen LogP) is 1.09. The van der Waals surface area contributed by atoms with E-state index < -0.39 is 5.97 Å². The molecular weight excluding hydrogens is 280 g/mol. The number of ether oxygens (including phenoxy) is 1. The van der Waals surface area contributed by atoms with Crippen LogP contribution in [0.4, 0.5) is 5.69 Å². The SMILES string of the molecule is O=C(O)c1ccc2c(c1)NC(=O)C(N1CCOCC1)S2. The summed E-state index contributed by atoms with van der Waals surface area (Å²) in [7, 11) is 0. The third kappa shape index (κ3) is 2.52. The average molecular weight is 294 g/mol. The van der Waals surface area contributed by atoms with E-state index in [1.54, 1.807) is 12.1 Å². The first-order valence-electron chi connectivity index (χ1n) is 6.32. The van der Waals surface area contributed by atoms with Crippen LogP contribution >= 0.6 is 11.8 Å². The molecule has 1 fully saturated rings. The van der Waals surface area contributed by atoms with E-state index in [4.69, 9.17) is 9.84 Å². The number of carboxylic acids is 1. The highest BCUT2D eigenvalue weighted by atomic mass is 32.2. The van der Waals surface area contributed by atoms with Gasteiger partial charge >= 0.3 is 5.97 Å². The van der Waals surface area contributed by atoms with Crippen LogP contribution in [0.25, 0.3) is 0 Å². The molecule has 1 saturated heterocycles. The van der Waals surface area contributed by atoms with Crippen molar-refractivity contribution in [3.8, 4) is 0 Å². The Kier molecular flexibility index (Phi) is 3.64. The Balaban J connectivity index is 1.83. The molecule has 2 N–H and O–H groups in total. The molecule has 7 heteroatoms. The summed E-state index contributed by atoms with van der Waals surface area (Å²) >= 11 is 1.46. The first-order chi connectivity index (χ1) is 9.65. The summed E-state index contributed by atoms with van der Waals surface area (Å²) in [5, 5.41) is 11.5. The molecule has 1 aromatic carbocycles. The number of hydrogen-bond acceptors (Lipinski definition) is 5. The van der Waals surface area contributed by atoms with E-state index in [2.05, 4.69) is 10.2 Å². The quantitative estimate of drug-likeness (QED) is 0.850. The molecule has 0 bridgehead atoms. The Morgan fingerprint density at radius 1 is 1.40 bits per heavy atom. The molecule has 0 aromatic heterocycles. The molecule has 2 aliphatic rings. The Labute approximate surface area is 120 Å². The normalized spacial score (nSPS) is 23.0. The molecule has 0 radical (unpaired) electrons. The number of thioether (sulfide) groups is 1. The molecule has 1 unspecified atom stereocenters. The summed E-state index contributed by atoms with van der Waals surface area (Å²) in [6.07, 6.45) is 0. The number of amides is 1. The summed E-state index contributed by atoms with van der Waals surface area (Å²) in [6.45, 7) is 2.73. The second-order valence-electron chi connectivity index (χ2n) is 4.62. The maximum atomic E-state index is 12.2. The minimum Gasteiger partial charge on any atom is -0.478 e. The Morgan fingerprint density at radius 2 is 2.15 bits per heavy atom. The van der Waals surface area contributed by atoms with Crippen molar-refractivity contribution < 1.29 is 19.4 Å². The van der Waals surface area contributed by atoms with Gasteiger partial charge in [-0.25, -0.2) is 4.79 Å². The third-order valence-electron chi connectivity index (χ3n) is 3.32. The fourth-order valence-corrected chi connectivity index (χ4v) is 3.43. The predicted molar refractivity (Wildman–Crippen MR) is 74.1 cm³/mol. The molecule has 106 valence electrons. The van der Waals surface area contributed by atoms with Crippen molar-refractivity contribution in [2.75, 3.05) is 31.6 Å². The van der Waals surface area contributed by atoms with Gasteiger partial charge in [0, 0.05) is 18.0 Å². The lowest BCUT2D eigenvalue weighted by atomic mass is 10.2. The number of rotatable bonds is 2. The van der Waals surface area contributed by atoms with Crippen LogP contribution in [-0.2, 0) is 9.53 Å². The van der Waals surface area contributed by atoms with Crippen LogP contribution in [0.5, 0.6) is 0 Å². The van der Waals surface area contributed by atoms with Gasteiger partial charge < -0.3 is 15.2 Å². The van der Waals surface area contributed by atoms with Crippen molar-refractivity contribution in [1.82, 2.24) is 4.90 Å². The van der Waals surface area contributed by atoms with Crippen molar-refractivity contribution >= 4 is 29.3 Å². The van der Waals surface area contributed by atoms with Gasteiger partial charge in [-0.05, 0) is 18.2 Å². The van der Waals surface area contributed by atoms with Crippen LogP contribution in [0.2, 0.25) is 0 Å². The molecule has 1 amide bonds. The highest BCUT2D eigenvalue weighted by Gasteiger charge is 2.33. The summed E-state index contributed by atoms with van der Waals surface area (Å²) < 4.78 is 5.29. The van der Waals surface area contributed by atoms with Crippen molar-refractivity contribution in [3.63, 3.8) is 0 Å². The highest BCUT2D eigenvalue weighted by molar-refractivity contribution is 8.00. The van der Waals surface area contributed by atoms with E-state index in [1.807, 2.05) is 0 Å². The van der Waals surface area contributed by atoms with E-state index in [9.17, 15) is 9.59 Å². The van der Waals surface area contributed by atoms with Gasteiger partial charge in [0.05, 0.1) is 24.5 Å². The smallest absolute Gasteiger partial charge is 0.335 e. The number of morpholine rings is 1. The number of nitrogens with zero attached hydrogens (tertiary/aromatic N) is 1. The number of anilines is 1. The van der Waals surface area contributed by atoms with Crippen molar-refractivity contribution in [3.05, 3.63) is 23.8 Å². The van der Waals surface area contributed by atoms with Crippen LogP contribution in [0, 0.1) is 0 Å². The summed E-state index contributed by atoms with van der Waals surface area (Å²) in [5.41, 5.74) is 0.749. The van der Waals surface area contributed by atoms with Crippen molar-refractivity contribution in [2.24, 2.45) is 0 Å². The van der Waals surface area contributed by atoms with Crippen LogP contribution in [-0.4, -0.2) is 53.6 Å². The zero-order valence-electron chi connectivity index (χ0n) is 10.7. The lowest BCUT2D eigenvalue weighted by molar-refractivity contribution is -0.119. The monoisotopic (exact) mass is 294 g/mol. The number of aromatic carboxylic acids is 1. The molecule has 1 atom stereocenters. The molecule has 0 saturated carbocycles. The minimum absolute atomic E-state index is 0.105. The molecule has 20 heavy (non-hydrogen) atoms. The van der Waals surface area contributed by atoms with E-state index >= 15 is 0 Å². The van der Waals surface area contributed by atoms with Gasteiger partial charge in [0.15, 0.2) is 0 Å². The van der Waals surface area contributed by atoms with Gasteiger partial charge in [0.25, 0.3) is 5.91 Å². The highest BCUT2D eigenvalue weighted by Crippen LogP contribution is 2.37. The van der Waals surface area contributed by atoms with Gasteiger partial charge in [-0.2, -0.15) is 0 Å². The molecule has 0 aliphatic carbocycles. The zero-order chi connectivity index (χ0) is 14.1. The molecule has 2 heterocycles. The fraction of sp³-hybridized carbons (Fsp3) is 0.385.